The quantitative estimate of drug-likeness (QED) is 0.263. The van der Waals surface area contributed by atoms with E-state index in [0.29, 0.717) is 16.9 Å². The minimum atomic E-state index is -0.271. The van der Waals surface area contributed by atoms with Crippen LogP contribution in [-0.2, 0) is 6.42 Å². The topological polar surface area (TPSA) is 56.5 Å². The zero-order chi connectivity index (χ0) is 20.8. The fraction of sp³-hybridized carbons (Fsp3) is 0.360. The number of hydrogen-bond acceptors (Lipinski definition) is 4. The van der Waals surface area contributed by atoms with E-state index in [4.69, 9.17) is 9.15 Å². The Morgan fingerprint density at radius 1 is 0.966 bits per heavy atom. The monoisotopic (exact) mass is 392 g/mol. The van der Waals surface area contributed by atoms with Crippen molar-refractivity contribution in [3.05, 3.63) is 75.1 Å². The van der Waals surface area contributed by atoms with E-state index in [1.807, 2.05) is 44.2 Å². The second-order valence-corrected chi connectivity index (χ2v) is 7.45. The Hall–Kier alpha value is -2.88. The van der Waals surface area contributed by atoms with Crippen LogP contribution in [0.3, 0.4) is 0 Å². The van der Waals surface area contributed by atoms with Gasteiger partial charge in [0, 0.05) is 22.1 Å². The Morgan fingerprint density at radius 2 is 1.72 bits per heavy atom. The van der Waals surface area contributed by atoms with E-state index in [1.165, 1.54) is 12.8 Å². The van der Waals surface area contributed by atoms with Crippen molar-refractivity contribution >= 4 is 16.8 Å². The largest absolute Gasteiger partial charge is 0.485 e. The molecule has 0 saturated carbocycles. The second kappa shape index (κ2) is 9.55. The van der Waals surface area contributed by atoms with E-state index in [1.54, 1.807) is 12.1 Å². The van der Waals surface area contributed by atoms with Crippen molar-refractivity contribution in [3.8, 4) is 5.75 Å². The summed E-state index contributed by atoms with van der Waals surface area (Å²) in [6, 6.07) is 12.8. The summed E-state index contributed by atoms with van der Waals surface area (Å²) in [5.41, 5.74) is 3.35. The second-order valence-electron chi connectivity index (χ2n) is 7.45. The Bertz CT molecular complexity index is 1050. The third-order valence-electron chi connectivity index (χ3n) is 5.39. The molecule has 0 saturated heterocycles. The normalized spacial score (nSPS) is 11.0. The molecule has 4 nitrogen and oxygen atoms in total. The van der Waals surface area contributed by atoms with Crippen LogP contribution in [0.25, 0.3) is 11.0 Å². The van der Waals surface area contributed by atoms with Gasteiger partial charge in [-0.3, -0.25) is 4.79 Å². The molecule has 0 aliphatic rings. The molecule has 0 atom stereocenters. The van der Waals surface area contributed by atoms with Crippen LogP contribution in [0.4, 0.5) is 0 Å². The summed E-state index contributed by atoms with van der Waals surface area (Å²) in [5, 5.41) is 0.925. The molecule has 1 heterocycles. The number of ketones is 1. The van der Waals surface area contributed by atoms with Crippen molar-refractivity contribution in [2.24, 2.45) is 0 Å². The van der Waals surface area contributed by atoms with Crippen molar-refractivity contribution in [2.75, 3.05) is 6.61 Å². The SMILES string of the molecule is CCCCCCc1c(C)c2ccc(OCC(=O)c3ccccc3)c(C)c2oc1=O. The first-order valence-corrected chi connectivity index (χ1v) is 10.3. The van der Waals surface area contributed by atoms with Crippen molar-refractivity contribution in [1.82, 2.24) is 0 Å². The van der Waals surface area contributed by atoms with Crippen LogP contribution < -0.4 is 10.4 Å². The highest BCUT2D eigenvalue weighted by Crippen LogP contribution is 2.30. The molecular formula is C25H28O4. The van der Waals surface area contributed by atoms with Crippen molar-refractivity contribution in [2.45, 2.75) is 52.9 Å². The first-order valence-electron chi connectivity index (χ1n) is 10.3. The molecule has 0 unspecified atom stereocenters. The van der Waals surface area contributed by atoms with E-state index in [-0.39, 0.29) is 18.0 Å². The molecule has 0 radical (unpaired) electrons. The summed E-state index contributed by atoms with van der Waals surface area (Å²) in [5.74, 6) is 0.463. The van der Waals surface area contributed by atoms with Crippen LogP contribution in [0, 0.1) is 13.8 Å². The minimum Gasteiger partial charge on any atom is -0.485 e. The van der Waals surface area contributed by atoms with Gasteiger partial charge in [-0.05, 0) is 44.4 Å². The molecular weight excluding hydrogens is 364 g/mol. The number of carbonyl (C=O) groups is 1. The van der Waals surface area contributed by atoms with Gasteiger partial charge in [-0.2, -0.15) is 0 Å². The van der Waals surface area contributed by atoms with Crippen LogP contribution in [0.15, 0.2) is 51.7 Å². The maximum Gasteiger partial charge on any atom is 0.339 e. The first-order chi connectivity index (χ1) is 14.0. The Labute approximate surface area is 171 Å². The average Bonchev–Trinajstić information content (AvgIpc) is 2.73. The fourth-order valence-electron chi connectivity index (χ4n) is 3.60. The van der Waals surface area contributed by atoms with Crippen LogP contribution in [0.2, 0.25) is 0 Å². The predicted octanol–water partition coefficient (Wildman–Crippen LogP) is 5.79. The van der Waals surface area contributed by atoms with Gasteiger partial charge in [-0.1, -0.05) is 56.5 Å². The van der Waals surface area contributed by atoms with Gasteiger partial charge in [0.15, 0.2) is 12.4 Å². The van der Waals surface area contributed by atoms with Crippen LogP contribution in [0.5, 0.6) is 5.75 Å². The summed E-state index contributed by atoms with van der Waals surface area (Å²) in [4.78, 5) is 24.9. The molecule has 0 amide bonds. The molecule has 3 rings (SSSR count). The average molecular weight is 392 g/mol. The smallest absolute Gasteiger partial charge is 0.339 e. The third-order valence-corrected chi connectivity index (χ3v) is 5.39. The summed E-state index contributed by atoms with van der Waals surface area (Å²) in [6.45, 7) is 5.95. The number of Topliss-reactive ketones (excluding diaryl/α,β-unsaturated/α-hetero) is 1. The van der Waals surface area contributed by atoms with Gasteiger partial charge in [-0.15, -0.1) is 0 Å². The number of fused-ring (bicyclic) bond motifs is 1. The van der Waals surface area contributed by atoms with E-state index >= 15 is 0 Å². The summed E-state index contributed by atoms with van der Waals surface area (Å²) >= 11 is 0. The van der Waals surface area contributed by atoms with E-state index in [2.05, 4.69) is 6.92 Å². The molecule has 1 aromatic heterocycles. The number of aryl methyl sites for hydroxylation is 2. The number of unbranched alkanes of at least 4 members (excludes halogenated alkanes) is 3. The summed E-state index contributed by atoms with van der Waals surface area (Å²) in [6.07, 6.45) is 5.20. The number of carbonyl (C=O) groups excluding carboxylic acids is 1. The lowest BCUT2D eigenvalue weighted by molar-refractivity contribution is 0.0921. The van der Waals surface area contributed by atoms with Crippen molar-refractivity contribution in [1.29, 1.82) is 0 Å². The number of hydrogen-bond donors (Lipinski definition) is 0. The standard InChI is InChI=1S/C25H28O4/c1-4-5-6-10-13-21-17(2)20-14-15-23(18(3)24(20)29-25(21)27)28-16-22(26)19-11-8-7-9-12-19/h7-9,11-12,14-15H,4-6,10,13,16H2,1-3H3. The Kier molecular flexibility index (Phi) is 6.86. The molecule has 152 valence electrons. The lowest BCUT2D eigenvalue weighted by atomic mass is 9.99. The predicted molar refractivity (Wildman–Crippen MR) is 116 cm³/mol. The number of rotatable bonds is 9. The molecule has 2 aromatic carbocycles. The maximum atomic E-state index is 12.6. The van der Waals surface area contributed by atoms with Gasteiger partial charge < -0.3 is 9.15 Å². The highest BCUT2D eigenvalue weighted by Gasteiger charge is 2.16. The van der Waals surface area contributed by atoms with Gasteiger partial charge in [-0.25, -0.2) is 4.79 Å². The van der Waals surface area contributed by atoms with Gasteiger partial charge in [0.1, 0.15) is 11.3 Å². The maximum absolute atomic E-state index is 12.6. The number of ether oxygens (including phenoxy) is 1. The van der Waals surface area contributed by atoms with E-state index in [9.17, 15) is 9.59 Å². The zero-order valence-corrected chi connectivity index (χ0v) is 17.4. The van der Waals surface area contributed by atoms with Gasteiger partial charge in [0.05, 0.1) is 0 Å². The Morgan fingerprint density at radius 3 is 2.45 bits per heavy atom. The minimum absolute atomic E-state index is 0.0604. The molecule has 0 spiro atoms. The summed E-state index contributed by atoms with van der Waals surface area (Å²) < 4.78 is 11.4. The van der Waals surface area contributed by atoms with Gasteiger partial charge in [0.25, 0.3) is 0 Å². The van der Waals surface area contributed by atoms with Gasteiger partial charge in [0.2, 0.25) is 0 Å². The molecule has 0 bridgehead atoms. The van der Waals surface area contributed by atoms with Crippen LogP contribution in [0.1, 0.15) is 59.7 Å². The van der Waals surface area contributed by atoms with E-state index < -0.39 is 0 Å². The molecule has 4 heteroatoms. The van der Waals surface area contributed by atoms with Crippen LogP contribution >= 0.6 is 0 Å². The number of benzene rings is 2. The molecule has 0 aliphatic carbocycles. The zero-order valence-electron chi connectivity index (χ0n) is 17.4. The first kappa shape index (κ1) is 20.8. The molecule has 29 heavy (non-hydrogen) atoms. The lowest BCUT2D eigenvalue weighted by Crippen LogP contribution is -2.13. The third kappa shape index (κ3) is 4.76. The molecule has 0 fully saturated rings. The van der Waals surface area contributed by atoms with E-state index in [0.717, 1.165) is 41.3 Å². The highest BCUT2D eigenvalue weighted by molar-refractivity contribution is 5.97. The molecule has 3 aromatic rings. The summed E-state index contributed by atoms with van der Waals surface area (Å²) in [7, 11) is 0. The van der Waals surface area contributed by atoms with Crippen LogP contribution in [-0.4, -0.2) is 12.4 Å². The molecule has 0 aliphatic heterocycles. The van der Waals surface area contributed by atoms with Gasteiger partial charge >= 0.3 is 5.63 Å². The fourth-order valence-corrected chi connectivity index (χ4v) is 3.60. The highest BCUT2D eigenvalue weighted by atomic mass is 16.5. The van der Waals surface area contributed by atoms with Crippen molar-refractivity contribution in [3.63, 3.8) is 0 Å². The molecule has 0 N–H and O–H groups in total. The lowest BCUT2D eigenvalue weighted by Gasteiger charge is -2.13. The van der Waals surface area contributed by atoms with Crippen molar-refractivity contribution < 1.29 is 13.9 Å². The Balaban J connectivity index is 1.82.